The van der Waals surface area contributed by atoms with Gasteiger partial charge in [-0.15, -0.1) is 0 Å². The lowest BCUT2D eigenvalue weighted by atomic mass is 10.2. The molecule has 0 aromatic heterocycles. The van der Waals surface area contributed by atoms with E-state index in [2.05, 4.69) is 0 Å². The highest BCUT2D eigenvalue weighted by atomic mass is 19.1. The minimum absolute atomic E-state index is 0.448. The zero-order valence-electron chi connectivity index (χ0n) is 7.53. The summed E-state index contributed by atoms with van der Waals surface area (Å²) in [5.41, 5.74) is 0.448. The van der Waals surface area contributed by atoms with E-state index >= 15 is 0 Å². The van der Waals surface area contributed by atoms with Crippen molar-refractivity contribution < 1.29 is 19.0 Å². The minimum Gasteiger partial charge on any atom is -0.497 e. The number of carboxylic acid groups (broad SMARTS) is 1. The molecule has 4 heteroatoms. The molecule has 0 unspecified atom stereocenters. The smallest absolute Gasteiger partial charge is 0.364 e. The van der Waals surface area contributed by atoms with E-state index in [4.69, 9.17) is 9.84 Å². The molecular weight excluding hydrogens is 187 g/mol. The van der Waals surface area contributed by atoms with Gasteiger partial charge in [0.1, 0.15) is 5.75 Å². The quantitative estimate of drug-likeness (QED) is 0.753. The molecule has 14 heavy (non-hydrogen) atoms. The van der Waals surface area contributed by atoms with Crippen molar-refractivity contribution in [2.75, 3.05) is 7.11 Å². The first-order valence-corrected chi connectivity index (χ1v) is 3.88. The Hall–Kier alpha value is -1.84. The number of ether oxygens (including phenoxy) is 1. The van der Waals surface area contributed by atoms with Crippen LogP contribution in [0.4, 0.5) is 4.39 Å². The second-order valence-corrected chi connectivity index (χ2v) is 2.57. The van der Waals surface area contributed by atoms with Crippen molar-refractivity contribution in [1.82, 2.24) is 0 Å². The molecule has 0 saturated heterocycles. The summed E-state index contributed by atoms with van der Waals surface area (Å²) in [5.74, 6) is -2.22. The Labute approximate surface area is 80.4 Å². The predicted octanol–water partition coefficient (Wildman–Crippen LogP) is 2.09. The SMILES string of the molecule is COc1cccc(/C=C(/F)C(=O)O)c1. The first kappa shape index (κ1) is 10.2. The van der Waals surface area contributed by atoms with Gasteiger partial charge in [-0.2, -0.15) is 4.39 Å². The number of hydrogen-bond acceptors (Lipinski definition) is 2. The van der Waals surface area contributed by atoms with Crippen LogP contribution in [0.5, 0.6) is 5.75 Å². The molecular formula is C10H9FO3. The summed E-state index contributed by atoms with van der Waals surface area (Å²) in [5, 5.41) is 8.30. The van der Waals surface area contributed by atoms with Crippen molar-refractivity contribution in [2.45, 2.75) is 0 Å². The number of rotatable bonds is 3. The lowest BCUT2D eigenvalue weighted by Crippen LogP contribution is -1.94. The van der Waals surface area contributed by atoms with E-state index < -0.39 is 11.8 Å². The van der Waals surface area contributed by atoms with E-state index in [9.17, 15) is 9.18 Å². The van der Waals surface area contributed by atoms with Crippen LogP contribution in [0.3, 0.4) is 0 Å². The Morgan fingerprint density at radius 3 is 2.86 bits per heavy atom. The summed E-state index contributed by atoms with van der Waals surface area (Å²) in [7, 11) is 1.48. The van der Waals surface area contributed by atoms with Crippen LogP contribution in [0.15, 0.2) is 30.1 Å². The molecule has 74 valence electrons. The van der Waals surface area contributed by atoms with Gasteiger partial charge in [0.05, 0.1) is 7.11 Å². The van der Waals surface area contributed by atoms with E-state index in [1.807, 2.05) is 0 Å². The summed E-state index contributed by atoms with van der Waals surface area (Å²) >= 11 is 0. The third kappa shape index (κ3) is 2.58. The monoisotopic (exact) mass is 196 g/mol. The highest BCUT2D eigenvalue weighted by molar-refractivity contribution is 5.89. The Kier molecular flexibility index (Phi) is 3.23. The van der Waals surface area contributed by atoms with Crippen LogP contribution in [-0.4, -0.2) is 18.2 Å². The van der Waals surface area contributed by atoms with Crippen LogP contribution in [0.25, 0.3) is 6.08 Å². The zero-order valence-corrected chi connectivity index (χ0v) is 7.53. The average Bonchev–Trinajstić information content (AvgIpc) is 2.18. The maximum atomic E-state index is 12.7. The Morgan fingerprint density at radius 1 is 1.57 bits per heavy atom. The van der Waals surface area contributed by atoms with Crippen LogP contribution in [0.2, 0.25) is 0 Å². The first-order valence-electron chi connectivity index (χ1n) is 3.88. The van der Waals surface area contributed by atoms with Gasteiger partial charge in [-0.25, -0.2) is 4.79 Å². The molecule has 0 fully saturated rings. The molecule has 0 aliphatic heterocycles. The number of carbonyl (C=O) groups is 1. The number of halogens is 1. The van der Waals surface area contributed by atoms with Crippen LogP contribution in [0.1, 0.15) is 5.56 Å². The van der Waals surface area contributed by atoms with Crippen LogP contribution >= 0.6 is 0 Å². The van der Waals surface area contributed by atoms with Crippen molar-refractivity contribution in [3.05, 3.63) is 35.7 Å². The fourth-order valence-corrected chi connectivity index (χ4v) is 0.939. The van der Waals surface area contributed by atoms with Crippen molar-refractivity contribution in [3.63, 3.8) is 0 Å². The summed E-state index contributed by atoms with van der Waals surface area (Å²) in [6, 6.07) is 6.48. The van der Waals surface area contributed by atoms with Crippen LogP contribution < -0.4 is 4.74 Å². The topological polar surface area (TPSA) is 46.5 Å². The molecule has 0 spiro atoms. The second-order valence-electron chi connectivity index (χ2n) is 2.57. The van der Waals surface area contributed by atoms with E-state index in [0.717, 1.165) is 6.08 Å². The fraction of sp³-hybridized carbons (Fsp3) is 0.100. The van der Waals surface area contributed by atoms with Crippen molar-refractivity contribution in [1.29, 1.82) is 0 Å². The minimum atomic E-state index is -1.58. The van der Waals surface area contributed by atoms with E-state index in [1.165, 1.54) is 7.11 Å². The predicted molar refractivity (Wildman–Crippen MR) is 49.7 cm³/mol. The highest BCUT2D eigenvalue weighted by Gasteiger charge is 2.04. The molecule has 1 rings (SSSR count). The molecule has 0 radical (unpaired) electrons. The lowest BCUT2D eigenvalue weighted by Gasteiger charge is -1.99. The van der Waals surface area contributed by atoms with Crippen LogP contribution in [-0.2, 0) is 4.79 Å². The van der Waals surface area contributed by atoms with Crippen molar-refractivity contribution in [2.24, 2.45) is 0 Å². The Morgan fingerprint density at radius 2 is 2.29 bits per heavy atom. The summed E-state index contributed by atoms with van der Waals surface area (Å²) in [6.45, 7) is 0. The van der Waals surface area contributed by atoms with Gasteiger partial charge in [-0.3, -0.25) is 0 Å². The molecule has 0 saturated carbocycles. The molecule has 1 N–H and O–H groups in total. The molecule has 0 aliphatic carbocycles. The summed E-state index contributed by atoms with van der Waals surface area (Å²) < 4.78 is 17.6. The number of hydrogen-bond donors (Lipinski definition) is 1. The van der Waals surface area contributed by atoms with Crippen molar-refractivity contribution >= 4 is 12.0 Å². The van der Waals surface area contributed by atoms with Gasteiger partial charge < -0.3 is 9.84 Å². The Bertz CT molecular complexity index is 371. The normalized spacial score (nSPS) is 11.1. The molecule has 1 aromatic carbocycles. The second kappa shape index (κ2) is 4.41. The lowest BCUT2D eigenvalue weighted by molar-refractivity contribution is -0.134. The first-order chi connectivity index (χ1) is 6.63. The van der Waals surface area contributed by atoms with Gasteiger partial charge in [-0.05, 0) is 23.8 Å². The van der Waals surface area contributed by atoms with Gasteiger partial charge in [0.2, 0.25) is 5.83 Å². The van der Waals surface area contributed by atoms with E-state index in [-0.39, 0.29) is 0 Å². The van der Waals surface area contributed by atoms with Gasteiger partial charge >= 0.3 is 5.97 Å². The maximum absolute atomic E-state index is 12.7. The standard InChI is InChI=1S/C10H9FO3/c1-14-8-4-2-3-7(5-8)6-9(11)10(12)13/h2-6H,1H3,(H,12,13)/b9-6+. The molecule has 0 aliphatic rings. The van der Waals surface area contributed by atoms with E-state index in [0.29, 0.717) is 11.3 Å². The maximum Gasteiger partial charge on any atom is 0.364 e. The van der Waals surface area contributed by atoms with Crippen LogP contribution in [0, 0.1) is 0 Å². The summed E-state index contributed by atoms with van der Waals surface area (Å²) in [6.07, 6.45) is 0.935. The van der Waals surface area contributed by atoms with Gasteiger partial charge in [0, 0.05) is 0 Å². The fourth-order valence-electron chi connectivity index (χ4n) is 0.939. The number of carboxylic acids is 1. The molecule has 1 aromatic rings. The van der Waals surface area contributed by atoms with Gasteiger partial charge in [-0.1, -0.05) is 12.1 Å². The zero-order chi connectivity index (χ0) is 10.6. The van der Waals surface area contributed by atoms with Gasteiger partial charge in [0.15, 0.2) is 0 Å². The molecule has 3 nitrogen and oxygen atoms in total. The third-order valence-electron chi connectivity index (χ3n) is 1.59. The third-order valence-corrected chi connectivity index (χ3v) is 1.59. The number of methoxy groups -OCH3 is 1. The molecule has 0 amide bonds. The molecule has 0 bridgehead atoms. The van der Waals surface area contributed by atoms with Crippen molar-refractivity contribution in [3.8, 4) is 5.75 Å². The average molecular weight is 196 g/mol. The molecule has 0 atom stereocenters. The molecule has 0 heterocycles. The van der Waals surface area contributed by atoms with Gasteiger partial charge in [0.25, 0.3) is 0 Å². The van der Waals surface area contributed by atoms with E-state index in [1.54, 1.807) is 24.3 Å². The largest absolute Gasteiger partial charge is 0.497 e. The number of benzene rings is 1. The summed E-state index contributed by atoms with van der Waals surface area (Å²) in [4.78, 5) is 10.2. The Balaban J connectivity index is 2.97. The highest BCUT2D eigenvalue weighted by Crippen LogP contribution is 2.15. The number of aliphatic carboxylic acids is 1.